The summed E-state index contributed by atoms with van der Waals surface area (Å²) in [5.41, 5.74) is 4.85. The van der Waals surface area contributed by atoms with Gasteiger partial charge in [-0.3, -0.25) is 0 Å². The number of aromatic nitrogens is 3. The van der Waals surface area contributed by atoms with E-state index in [-0.39, 0.29) is 5.75 Å². The van der Waals surface area contributed by atoms with Crippen LogP contribution in [0, 0.1) is 0 Å². The first kappa shape index (κ1) is 13.3. The SMILES string of the molecule is CN[C@H]1CCc2[nH]c3nnc(-c4ccccc4O)cc3c2C1. The lowest BCUT2D eigenvalue weighted by Crippen LogP contribution is -2.31. The lowest BCUT2D eigenvalue weighted by molar-refractivity contribution is 0.477. The molecule has 1 atom stereocenters. The highest BCUT2D eigenvalue weighted by Gasteiger charge is 2.22. The van der Waals surface area contributed by atoms with Gasteiger partial charge in [-0.25, -0.2) is 0 Å². The van der Waals surface area contributed by atoms with Crippen LogP contribution in [0.3, 0.4) is 0 Å². The minimum absolute atomic E-state index is 0.230. The van der Waals surface area contributed by atoms with Crippen molar-refractivity contribution in [1.29, 1.82) is 0 Å². The van der Waals surface area contributed by atoms with Gasteiger partial charge in [0.2, 0.25) is 0 Å². The van der Waals surface area contributed by atoms with Crippen molar-refractivity contribution >= 4 is 11.0 Å². The summed E-state index contributed by atoms with van der Waals surface area (Å²) in [6.45, 7) is 0. The lowest BCUT2D eigenvalue weighted by Gasteiger charge is -2.21. The molecule has 1 aliphatic rings. The molecule has 0 unspecified atom stereocenters. The van der Waals surface area contributed by atoms with E-state index < -0.39 is 0 Å². The van der Waals surface area contributed by atoms with Gasteiger partial charge in [-0.2, -0.15) is 0 Å². The Labute approximate surface area is 128 Å². The fraction of sp³-hybridized carbons (Fsp3) is 0.294. The van der Waals surface area contributed by atoms with Crippen molar-refractivity contribution in [3.05, 3.63) is 41.6 Å². The number of aryl methyl sites for hydroxylation is 1. The normalized spacial score (nSPS) is 17.6. The maximum atomic E-state index is 10.0. The zero-order chi connectivity index (χ0) is 15.1. The van der Waals surface area contributed by atoms with E-state index in [4.69, 9.17) is 0 Å². The minimum atomic E-state index is 0.230. The number of H-pyrrole nitrogens is 1. The summed E-state index contributed by atoms with van der Waals surface area (Å²) >= 11 is 0. The van der Waals surface area contributed by atoms with Gasteiger partial charge < -0.3 is 15.4 Å². The number of para-hydroxylation sites is 1. The van der Waals surface area contributed by atoms with Gasteiger partial charge in [0.25, 0.3) is 0 Å². The summed E-state index contributed by atoms with van der Waals surface area (Å²) in [7, 11) is 2.01. The van der Waals surface area contributed by atoms with E-state index >= 15 is 0 Å². The van der Waals surface area contributed by atoms with Crippen molar-refractivity contribution in [2.24, 2.45) is 0 Å². The number of fused-ring (bicyclic) bond motifs is 3. The zero-order valence-electron chi connectivity index (χ0n) is 12.4. The first-order valence-electron chi connectivity index (χ1n) is 7.59. The molecule has 4 rings (SSSR count). The Balaban J connectivity index is 1.86. The molecule has 0 radical (unpaired) electrons. The zero-order valence-corrected chi connectivity index (χ0v) is 12.4. The summed E-state index contributed by atoms with van der Waals surface area (Å²) in [5, 5.41) is 23.1. The molecule has 1 aromatic carbocycles. The maximum absolute atomic E-state index is 10.0. The Morgan fingerprint density at radius 3 is 2.95 bits per heavy atom. The quantitative estimate of drug-likeness (QED) is 0.678. The summed E-state index contributed by atoms with van der Waals surface area (Å²) in [5.74, 6) is 0.230. The van der Waals surface area contributed by atoms with Crippen molar-refractivity contribution < 1.29 is 5.11 Å². The number of nitrogens with one attached hydrogen (secondary N) is 2. The standard InChI is InChI=1S/C17H18N4O/c1-18-10-6-7-14-12(8-10)13-9-15(20-21-17(13)19-14)11-4-2-3-5-16(11)22/h2-5,9-10,18,22H,6-8H2,1H3,(H,19,21)/t10-/m0/s1. The summed E-state index contributed by atoms with van der Waals surface area (Å²) in [6.07, 6.45) is 3.16. The predicted molar refractivity (Wildman–Crippen MR) is 85.9 cm³/mol. The Hall–Kier alpha value is -2.40. The third-order valence-electron chi connectivity index (χ3n) is 4.53. The van der Waals surface area contributed by atoms with Gasteiger partial charge in [0.15, 0.2) is 5.65 Å². The summed E-state index contributed by atoms with van der Waals surface area (Å²) < 4.78 is 0. The van der Waals surface area contributed by atoms with E-state index in [1.54, 1.807) is 12.1 Å². The number of benzene rings is 1. The fourth-order valence-corrected chi connectivity index (χ4v) is 3.28. The van der Waals surface area contributed by atoms with Gasteiger partial charge in [0, 0.05) is 22.7 Å². The number of aromatic hydroxyl groups is 1. The Morgan fingerprint density at radius 2 is 2.14 bits per heavy atom. The highest BCUT2D eigenvalue weighted by Crippen LogP contribution is 2.32. The summed E-state index contributed by atoms with van der Waals surface area (Å²) in [6, 6.07) is 9.77. The van der Waals surface area contributed by atoms with E-state index in [1.807, 2.05) is 25.2 Å². The molecule has 0 saturated heterocycles. The molecule has 5 nitrogen and oxygen atoms in total. The Bertz CT molecular complexity index is 840. The molecule has 1 aliphatic carbocycles. The van der Waals surface area contributed by atoms with E-state index in [1.165, 1.54) is 11.3 Å². The molecule has 0 bridgehead atoms. The van der Waals surface area contributed by atoms with Crippen molar-refractivity contribution in [1.82, 2.24) is 20.5 Å². The van der Waals surface area contributed by atoms with Crippen LogP contribution in [0.15, 0.2) is 30.3 Å². The van der Waals surface area contributed by atoms with Crippen LogP contribution in [0.1, 0.15) is 17.7 Å². The second-order valence-electron chi connectivity index (χ2n) is 5.82. The van der Waals surface area contributed by atoms with E-state index in [0.717, 1.165) is 30.3 Å². The topological polar surface area (TPSA) is 73.8 Å². The molecular weight excluding hydrogens is 276 g/mol. The smallest absolute Gasteiger partial charge is 0.160 e. The molecule has 2 aromatic heterocycles. The van der Waals surface area contributed by atoms with Crippen LogP contribution in [-0.2, 0) is 12.8 Å². The number of aromatic amines is 1. The molecule has 2 heterocycles. The van der Waals surface area contributed by atoms with E-state index in [0.29, 0.717) is 17.3 Å². The molecule has 3 aromatic rings. The number of likely N-dealkylation sites (N-methyl/N-ethyl adjacent to an activating group) is 1. The van der Waals surface area contributed by atoms with Crippen LogP contribution in [0.5, 0.6) is 5.75 Å². The molecule has 0 aliphatic heterocycles. The van der Waals surface area contributed by atoms with Crippen molar-refractivity contribution in [3.63, 3.8) is 0 Å². The largest absolute Gasteiger partial charge is 0.507 e. The van der Waals surface area contributed by atoms with Crippen LogP contribution in [0.2, 0.25) is 0 Å². The number of hydrogen-bond donors (Lipinski definition) is 3. The first-order valence-corrected chi connectivity index (χ1v) is 7.59. The molecule has 5 heteroatoms. The third kappa shape index (κ3) is 2.05. The average molecular weight is 294 g/mol. The highest BCUT2D eigenvalue weighted by molar-refractivity contribution is 5.85. The third-order valence-corrected chi connectivity index (χ3v) is 4.53. The number of rotatable bonds is 2. The first-order chi connectivity index (χ1) is 10.8. The second-order valence-corrected chi connectivity index (χ2v) is 5.82. The van der Waals surface area contributed by atoms with Gasteiger partial charge in [0.1, 0.15) is 5.75 Å². The maximum Gasteiger partial charge on any atom is 0.160 e. The number of phenols is 1. The van der Waals surface area contributed by atoms with E-state index in [2.05, 4.69) is 20.5 Å². The molecule has 0 amide bonds. The number of hydrogen-bond acceptors (Lipinski definition) is 4. The minimum Gasteiger partial charge on any atom is -0.507 e. The predicted octanol–water partition coefficient (Wildman–Crippen LogP) is 2.41. The Morgan fingerprint density at radius 1 is 1.27 bits per heavy atom. The van der Waals surface area contributed by atoms with Crippen LogP contribution in [0.4, 0.5) is 0 Å². The second kappa shape index (κ2) is 5.10. The van der Waals surface area contributed by atoms with Crippen LogP contribution >= 0.6 is 0 Å². The van der Waals surface area contributed by atoms with Crippen LogP contribution in [0.25, 0.3) is 22.3 Å². The van der Waals surface area contributed by atoms with Crippen LogP contribution < -0.4 is 5.32 Å². The molecule has 112 valence electrons. The van der Waals surface area contributed by atoms with Gasteiger partial charge >= 0.3 is 0 Å². The molecule has 0 spiro atoms. The number of nitrogens with zero attached hydrogens (tertiary/aromatic N) is 2. The molecule has 0 saturated carbocycles. The van der Waals surface area contributed by atoms with Gasteiger partial charge in [-0.1, -0.05) is 12.1 Å². The van der Waals surface area contributed by atoms with Crippen LogP contribution in [-0.4, -0.2) is 33.4 Å². The Kier molecular flexibility index (Phi) is 3.08. The molecule has 3 N–H and O–H groups in total. The van der Waals surface area contributed by atoms with E-state index in [9.17, 15) is 5.11 Å². The molecule has 0 fully saturated rings. The van der Waals surface area contributed by atoms with Gasteiger partial charge in [-0.05, 0) is 50.1 Å². The van der Waals surface area contributed by atoms with Gasteiger partial charge in [-0.15, -0.1) is 10.2 Å². The highest BCUT2D eigenvalue weighted by atomic mass is 16.3. The molecule has 22 heavy (non-hydrogen) atoms. The van der Waals surface area contributed by atoms with Gasteiger partial charge in [0.05, 0.1) is 5.69 Å². The number of phenolic OH excluding ortho intramolecular Hbond substituents is 1. The van der Waals surface area contributed by atoms with Crippen molar-refractivity contribution in [2.75, 3.05) is 7.05 Å². The molecular formula is C17H18N4O. The monoisotopic (exact) mass is 294 g/mol. The fourth-order valence-electron chi connectivity index (χ4n) is 3.28. The lowest BCUT2D eigenvalue weighted by atomic mass is 9.91. The summed E-state index contributed by atoms with van der Waals surface area (Å²) in [4.78, 5) is 3.39. The average Bonchev–Trinajstić information content (AvgIpc) is 2.92. The van der Waals surface area contributed by atoms with Crippen molar-refractivity contribution in [3.8, 4) is 17.0 Å². The van der Waals surface area contributed by atoms with Crippen molar-refractivity contribution in [2.45, 2.75) is 25.3 Å².